The van der Waals surface area contributed by atoms with Gasteiger partial charge in [-0.1, -0.05) is 121 Å². The Morgan fingerprint density at radius 1 is 0.294 bits per heavy atom. The summed E-state index contributed by atoms with van der Waals surface area (Å²) in [6, 6.07) is 74.4. The number of benzene rings is 10. The van der Waals surface area contributed by atoms with E-state index in [0.29, 0.717) is 17.5 Å². The minimum absolute atomic E-state index is 0.543. The molecule has 10 aromatic carbocycles. The average Bonchev–Trinajstić information content (AvgIpc) is 4.15. The summed E-state index contributed by atoms with van der Waals surface area (Å²) in [4.78, 5) is 16.1. The fraction of sp³-hybridized carbons (Fsp3) is 0. The Labute approximate surface area is 387 Å². The van der Waals surface area contributed by atoms with Gasteiger partial charge in [0.05, 0.1) is 27.8 Å². The molecular formula is C61H35N5O2. The van der Waals surface area contributed by atoms with Gasteiger partial charge in [0.1, 0.15) is 16.7 Å². The normalized spacial score (nSPS) is 12.1. The van der Waals surface area contributed by atoms with Crippen molar-refractivity contribution in [3.05, 3.63) is 212 Å². The van der Waals surface area contributed by atoms with Crippen LogP contribution in [-0.2, 0) is 0 Å². The van der Waals surface area contributed by atoms with Crippen LogP contribution in [0.3, 0.4) is 0 Å². The highest BCUT2D eigenvalue weighted by molar-refractivity contribution is 6.16. The molecule has 0 spiro atoms. The first-order valence-corrected chi connectivity index (χ1v) is 22.8. The Kier molecular flexibility index (Phi) is 7.65. The summed E-state index contributed by atoms with van der Waals surface area (Å²) < 4.78 is 18.0. The first-order chi connectivity index (χ1) is 33.7. The van der Waals surface area contributed by atoms with Gasteiger partial charge in [0.2, 0.25) is 0 Å². The molecule has 0 aliphatic carbocycles. The van der Waals surface area contributed by atoms with Gasteiger partial charge in [0.15, 0.2) is 23.1 Å². The standard InChI is InChI=1S/C61H35N5O2/c1-2-16-41(17-3-1)65-50-22-10-6-18-42(50)47-31-38(27-29-52(47)65)59-62-60(39-26-28-46-44-20-8-12-24-55(44)67-57(46)35-39)64-61(63-59)40-32-49-45-21-9-13-25-56(45)68-58(49)54(34-40)66-51-23-11-7-19-43(51)48-30-36-14-4-5-15-37(36)33-53(48)66/h1-35H. The molecule has 68 heavy (non-hydrogen) atoms. The highest BCUT2D eigenvalue weighted by Crippen LogP contribution is 2.42. The van der Waals surface area contributed by atoms with Gasteiger partial charge < -0.3 is 18.0 Å². The van der Waals surface area contributed by atoms with E-state index in [9.17, 15) is 0 Å². The van der Waals surface area contributed by atoms with Crippen LogP contribution in [-0.4, -0.2) is 24.1 Å². The van der Waals surface area contributed by atoms with Crippen molar-refractivity contribution in [2.24, 2.45) is 0 Å². The van der Waals surface area contributed by atoms with Crippen molar-refractivity contribution in [1.29, 1.82) is 0 Å². The third-order valence-electron chi connectivity index (χ3n) is 13.7. The smallest absolute Gasteiger partial charge is 0.164 e. The van der Waals surface area contributed by atoms with Crippen LogP contribution >= 0.6 is 0 Å². The number of furan rings is 2. The number of fused-ring (bicyclic) bond motifs is 13. The topological polar surface area (TPSA) is 74.8 Å². The molecule has 5 aromatic heterocycles. The van der Waals surface area contributed by atoms with Crippen LogP contribution in [0.4, 0.5) is 0 Å². The van der Waals surface area contributed by atoms with E-state index in [1.54, 1.807) is 0 Å². The highest BCUT2D eigenvalue weighted by Gasteiger charge is 2.23. The summed E-state index contributed by atoms with van der Waals surface area (Å²) in [5.41, 5.74) is 12.2. The zero-order valence-electron chi connectivity index (χ0n) is 36.3. The molecule has 0 atom stereocenters. The lowest BCUT2D eigenvalue weighted by Gasteiger charge is -2.13. The lowest BCUT2D eigenvalue weighted by molar-refractivity contribution is 0.666. The minimum atomic E-state index is 0.543. The fourth-order valence-electron chi connectivity index (χ4n) is 10.6. The van der Waals surface area contributed by atoms with E-state index in [1.807, 2.05) is 30.3 Å². The van der Waals surface area contributed by atoms with E-state index >= 15 is 0 Å². The van der Waals surface area contributed by atoms with Crippen LogP contribution in [0.2, 0.25) is 0 Å². The number of rotatable bonds is 5. The highest BCUT2D eigenvalue weighted by atomic mass is 16.3. The molecule has 5 heterocycles. The van der Waals surface area contributed by atoms with E-state index in [1.165, 1.54) is 10.8 Å². The molecule has 15 aromatic rings. The van der Waals surface area contributed by atoms with Crippen LogP contribution in [0.1, 0.15) is 0 Å². The molecule has 7 nitrogen and oxygen atoms in total. The second-order valence-electron chi connectivity index (χ2n) is 17.6. The van der Waals surface area contributed by atoms with Gasteiger partial charge in [-0.05, 0) is 102 Å². The predicted molar refractivity (Wildman–Crippen MR) is 277 cm³/mol. The summed E-state index contributed by atoms with van der Waals surface area (Å²) in [6.45, 7) is 0. The number of hydrogen-bond acceptors (Lipinski definition) is 5. The Morgan fingerprint density at radius 2 is 0.809 bits per heavy atom. The summed E-state index contributed by atoms with van der Waals surface area (Å²) in [5, 5.41) is 11.1. The molecule has 0 fully saturated rings. The quantitative estimate of drug-likeness (QED) is 0.172. The first kappa shape index (κ1) is 36.9. The van der Waals surface area contributed by atoms with Crippen LogP contribution in [0, 0.1) is 0 Å². The number of aromatic nitrogens is 5. The number of nitrogens with zero attached hydrogens (tertiary/aromatic N) is 5. The Bertz CT molecular complexity index is 4570. The van der Waals surface area contributed by atoms with Gasteiger partial charge in [-0.2, -0.15) is 0 Å². The maximum atomic E-state index is 6.86. The van der Waals surface area contributed by atoms with E-state index in [2.05, 4.69) is 191 Å². The first-order valence-electron chi connectivity index (χ1n) is 22.8. The lowest BCUT2D eigenvalue weighted by atomic mass is 10.1. The van der Waals surface area contributed by atoms with E-state index in [4.69, 9.17) is 23.8 Å². The maximum Gasteiger partial charge on any atom is 0.164 e. The molecule has 15 rings (SSSR count). The van der Waals surface area contributed by atoms with E-state index in [0.717, 1.165) is 116 Å². The van der Waals surface area contributed by atoms with Crippen LogP contribution in [0.5, 0.6) is 0 Å². The van der Waals surface area contributed by atoms with Gasteiger partial charge >= 0.3 is 0 Å². The van der Waals surface area contributed by atoms with Gasteiger partial charge in [-0.15, -0.1) is 0 Å². The molecule has 0 saturated carbocycles. The molecule has 7 heteroatoms. The summed E-state index contributed by atoms with van der Waals surface area (Å²) in [7, 11) is 0. The van der Waals surface area contributed by atoms with Crippen molar-refractivity contribution in [3.8, 4) is 45.5 Å². The summed E-state index contributed by atoms with van der Waals surface area (Å²) in [5.74, 6) is 1.65. The van der Waals surface area contributed by atoms with Gasteiger partial charge in [-0.3, -0.25) is 0 Å². The third-order valence-corrected chi connectivity index (χ3v) is 13.7. The van der Waals surface area contributed by atoms with Gasteiger partial charge in [0.25, 0.3) is 0 Å². The molecule has 0 amide bonds. The SMILES string of the molecule is c1ccc(-n2c3ccccc3c3cc(-c4nc(-c5ccc6c(c5)oc5ccccc56)nc(-c5cc(-n6c7ccccc7c7cc8ccccc8cc76)c6oc7ccccc7c6c5)n4)ccc32)cc1. The zero-order valence-corrected chi connectivity index (χ0v) is 36.3. The Balaban J connectivity index is 1.01. The molecule has 0 unspecified atom stereocenters. The van der Waals surface area contributed by atoms with Gasteiger partial charge in [-0.25, -0.2) is 15.0 Å². The molecule has 0 N–H and O–H groups in total. The second-order valence-corrected chi connectivity index (χ2v) is 17.6. The van der Waals surface area contributed by atoms with Crippen molar-refractivity contribution < 1.29 is 8.83 Å². The zero-order chi connectivity index (χ0) is 44.5. The second kappa shape index (κ2) is 14.1. The van der Waals surface area contributed by atoms with Gasteiger partial charge in [0, 0.05) is 65.5 Å². The Hall–Kier alpha value is -9.33. The molecule has 316 valence electrons. The molecule has 0 radical (unpaired) electrons. The van der Waals surface area contributed by atoms with Crippen LogP contribution in [0.15, 0.2) is 221 Å². The monoisotopic (exact) mass is 869 g/mol. The minimum Gasteiger partial charge on any atom is -0.456 e. The van der Waals surface area contributed by atoms with Crippen molar-refractivity contribution >= 4 is 98.3 Å². The van der Waals surface area contributed by atoms with Crippen molar-refractivity contribution in [1.82, 2.24) is 24.1 Å². The van der Waals surface area contributed by atoms with Crippen LogP contribution < -0.4 is 0 Å². The predicted octanol–water partition coefficient (Wildman–Crippen LogP) is 16.0. The number of hydrogen-bond donors (Lipinski definition) is 0. The lowest BCUT2D eigenvalue weighted by Crippen LogP contribution is -2.02. The molecule has 0 aliphatic heterocycles. The summed E-state index contributed by atoms with van der Waals surface area (Å²) >= 11 is 0. The molecule has 0 aliphatic rings. The van der Waals surface area contributed by atoms with E-state index < -0.39 is 0 Å². The summed E-state index contributed by atoms with van der Waals surface area (Å²) in [6.07, 6.45) is 0. The van der Waals surface area contributed by atoms with Crippen LogP contribution in [0.25, 0.3) is 144 Å². The van der Waals surface area contributed by atoms with Crippen molar-refractivity contribution in [2.75, 3.05) is 0 Å². The molecule has 0 bridgehead atoms. The fourth-order valence-corrected chi connectivity index (χ4v) is 10.6. The number of para-hydroxylation sites is 5. The van der Waals surface area contributed by atoms with Crippen molar-refractivity contribution in [2.45, 2.75) is 0 Å². The maximum absolute atomic E-state index is 6.86. The average molecular weight is 870 g/mol. The Morgan fingerprint density at radius 3 is 1.56 bits per heavy atom. The molecule has 0 saturated heterocycles. The van der Waals surface area contributed by atoms with Crippen molar-refractivity contribution in [3.63, 3.8) is 0 Å². The third kappa shape index (κ3) is 5.44. The molecular weight excluding hydrogens is 835 g/mol. The van der Waals surface area contributed by atoms with E-state index in [-0.39, 0.29) is 0 Å². The largest absolute Gasteiger partial charge is 0.456 e.